The van der Waals surface area contributed by atoms with Crippen molar-refractivity contribution in [1.29, 1.82) is 0 Å². The van der Waals surface area contributed by atoms with Gasteiger partial charge in [-0.05, 0) is 61.7 Å². The van der Waals surface area contributed by atoms with Gasteiger partial charge in [0.15, 0.2) is 0 Å². The van der Waals surface area contributed by atoms with Crippen molar-refractivity contribution >= 4 is 28.8 Å². The first-order chi connectivity index (χ1) is 15.8. The number of benzene rings is 3. The number of nitrogens with zero attached hydrogens (tertiary/aromatic N) is 1. The molecule has 0 bridgehead atoms. The van der Waals surface area contributed by atoms with Gasteiger partial charge < -0.3 is 14.8 Å². The van der Waals surface area contributed by atoms with E-state index in [0.717, 1.165) is 27.3 Å². The molecule has 6 heteroatoms. The number of hydrogen-bond acceptors (Lipinski definition) is 5. The van der Waals surface area contributed by atoms with E-state index in [0.29, 0.717) is 28.3 Å². The highest BCUT2D eigenvalue weighted by Gasteiger charge is 2.41. The van der Waals surface area contributed by atoms with Crippen LogP contribution < -0.4 is 19.7 Å². The Hall–Kier alpha value is -4.06. The predicted octanol–water partition coefficient (Wildman–Crippen LogP) is 5.03. The Kier molecular flexibility index (Phi) is 5.92. The summed E-state index contributed by atoms with van der Waals surface area (Å²) in [5.41, 5.74) is 5.49. The Morgan fingerprint density at radius 1 is 0.727 bits per heavy atom. The van der Waals surface area contributed by atoms with Crippen LogP contribution in [0.1, 0.15) is 22.3 Å². The lowest BCUT2D eigenvalue weighted by Crippen LogP contribution is -2.32. The minimum atomic E-state index is -0.446. The molecule has 33 heavy (non-hydrogen) atoms. The smallest absolute Gasteiger partial charge is 0.282 e. The van der Waals surface area contributed by atoms with Crippen molar-refractivity contribution in [2.45, 2.75) is 20.8 Å². The molecule has 6 nitrogen and oxygen atoms in total. The molecular formula is C27H26N2O4. The van der Waals surface area contributed by atoms with E-state index in [9.17, 15) is 9.59 Å². The Morgan fingerprint density at radius 2 is 1.39 bits per heavy atom. The van der Waals surface area contributed by atoms with Crippen LogP contribution in [0.4, 0.5) is 11.4 Å². The molecule has 0 aliphatic carbocycles. The van der Waals surface area contributed by atoms with Crippen molar-refractivity contribution in [3.05, 3.63) is 88.6 Å². The molecule has 3 aromatic carbocycles. The first-order valence-electron chi connectivity index (χ1n) is 10.6. The van der Waals surface area contributed by atoms with Crippen LogP contribution in [-0.4, -0.2) is 26.0 Å². The molecule has 0 saturated heterocycles. The normalized spacial score (nSPS) is 13.5. The van der Waals surface area contributed by atoms with Crippen LogP contribution in [0.5, 0.6) is 11.5 Å². The second kappa shape index (κ2) is 8.82. The number of methoxy groups -OCH3 is 2. The average Bonchev–Trinajstić information content (AvgIpc) is 3.02. The third kappa shape index (κ3) is 4.20. The monoisotopic (exact) mass is 442 g/mol. The summed E-state index contributed by atoms with van der Waals surface area (Å²) in [5.74, 6) is 0.0688. The van der Waals surface area contributed by atoms with E-state index >= 15 is 0 Å². The predicted molar refractivity (Wildman–Crippen MR) is 130 cm³/mol. The number of imide groups is 1. The van der Waals surface area contributed by atoms with Crippen LogP contribution in [-0.2, 0) is 9.59 Å². The maximum atomic E-state index is 13.7. The standard InChI is InChI=1S/C27H26N2O4/c1-16-6-8-19(9-7-16)24-25(28-20-13-17(2)12-18(3)14-20)27(31)29(26(24)30)22-11-10-21(32-4)15-23(22)33-5/h6-15,28H,1-5H3. The van der Waals surface area contributed by atoms with Crippen LogP contribution in [0, 0.1) is 20.8 Å². The summed E-state index contributed by atoms with van der Waals surface area (Å²) in [4.78, 5) is 28.5. The molecule has 0 unspecified atom stereocenters. The van der Waals surface area contributed by atoms with Gasteiger partial charge in [-0.25, -0.2) is 4.90 Å². The van der Waals surface area contributed by atoms with E-state index in [-0.39, 0.29) is 5.70 Å². The second-order valence-electron chi connectivity index (χ2n) is 8.10. The molecule has 168 valence electrons. The Balaban J connectivity index is 1.85. The van der Waals surface area contributed by atoms with Crippen LogP contribution in [0.15, 0.2) is 66.4 Å². The number of ether oxygens (including phenoxy) is 2. The molecule has 0 fully saturated rings. The van der Waals surface area contributed by atoms with Gasteiger partial charge >= 0.3 is 0 Å². The second-order valence-corrected chi connectivity index (χ2v) is 8.10. The number of nitrogens with one attached hydrogen (secondary N) is 1. The first-order valence-corrected chi connectivity index (χ1v) is 10.6. The maximum Gasteiger partial charge on any atom is 0.282 e. The number of anilines is 2. The lowest BCUT2D eigenvalue weighted by molar-refractivity contribution is -0.120. The molecule has 0 saturated carbocycles. The van der Waals surface area contributed by atoms with Crippen molar-refractivity contribution in [1.82, 2.24) is 0 Å². The van der Waals surface area contributed by atoms with Crippen molar-refractivity contribution in [3.8, 4) is 11.5 Å². The van der Waals surface area contributed by atoms with Gasteiger partial charge in [0.05, 0.1) is 25.5 Å². The summed E-state index contributed by atoms with van der Waals surface area (Å²) < 4.78 is 10.7. The van der Waals surface area contributed by atoms with Gasteiger partial charge in [0.25, 0.3) is 11.8 Å². The van der Waals surface area contributed by atoms with Crippen molar-refractivity contribution < 1.29 is 19.1 Å². The summed E-state index contributed by atoms with van der Waals surface area (Å²) >= 11 is 0. The number of carbonyl (C=O) groups is 2. The molecule has 1 N–H and O–H groups in total. The van der Waals surface area contributed by atoms with Gasteiger partial charge in [-0.3, -0.25) is 9.59 Å². The fourth-order valence-electron chi connectivity index (χ4n) is 4.01. The largest absolute Gasteiger partial charge is 0.497 e. The average molecular weight is 443 g/mol. The van der Waals surface area contributed by atoms with E-state index in [4.69, 9.17) is 9.47 Å². The fourth-order valence-corrected chi connectivity index (χ4v) is 4.01. The Labute approximate surface area is 193 Å². The molecule has 0 spiro atoms. The molecule has 2 amide bonds. The quantitative estimate of drug-likeness (QED) is 0.543. The molecule has 0 atom stereocenters. The molecular weight excluding hydrogens is 416 g/mol. The Bertz CT molecular complexity index is 1260. The molecule has 0 aromatic heterocycles. The minimum absolute atomic E-state index is 0.228. The van der Waals surface area contributed by atoms with Crippen molar-refractivity contribution in [2.75, 3.05) is 24.4 Å². The highest BCUT2D eigenvalue weighted by atomic mass is 16.5. The summed E-state index contributed by atoms with van der Waals surface area (Å²) in [6, 6.07) is 18.5. The van der Waals surface area contributed by atoms with E-state index in [2.05, 4.69) is 11.4 Å². The van der Waals surface area contributed by atoms with Gasteiger partial charge in [-0.2, -0.15) is 0 Å². The van der Waals surface area contributed by atoms with Gasteiger partial charge in [0.2, 0.25) is 0 Å². The zero-order valence-corrected chi connectivity index (χ0v) is 19.4. The van der Waals surface area contributed by atoms with Crippen LogP contribution in [0.25, 0.3) is 5.57 Å². The fraction of sp³-hybridized carbons (Fsp3) is 0.185. The molecule has 1 aliphatic rings. The highest BCUT2D eigenvalue weighted by molar-refractivity contribution is 6.46. The zero-order valence-electron chi connectivity index (χ0n) is 19.4. The van der Waals surface area contributed by atoms with E-state index < -0.39 is 11.8 Å². The minimum Gasteiger partial charge on any atom is -0.497 e. The van der Waals surface area contributed by atoms with Gasteiger partial charge in [0.1, 0.15) is 17.2 Å². The summed E-state index contributed by atoms with van der Waals surface area (Å²) in [5, 5.41) is 3.23. The lowest BCUT2D eigenvalue weighted by Gasteiger charge is -2.19. The number of carbonyl (C=O) groups excluding carboxylic acids is 2. The van der Waals surface area contributed by atoms with E-state index in [1.54, 1.807) is 25.3 Å². The molecule has 0 radical (unpaired) electrons. The SMILES string of the molecule is COc1ccc(N2C(=O)C(Nc3cc(C)cc(C)c3)=C(c3ccc(C)cc3)C2=O)c(OC)c1. The van der Waals surface area contributed by atoms with Gasteiger partial charge in [0, 0.05) is 11.8 Å². The maximum absolute atomic E-state index is 13.7. The van der Waals surface area contributed by atoms with Crippen LogP contribution in [0.2, 0.25) is 0 Å². The zero-order chi connectivity index (χ0) is 23.7. The first kappa shape index (κ1) is 22.1. The number of aryl methyl sites for hydroxylation is 3. The molecule has 4 rings (SSSR count). The third-order valence-corrected chi connectivity index (χ3v) is 5.54. The Morgan fingerprint density at radius 3 is 2.00 bits per heavy atom. The highest BCUT2D eigenvalue weighted by Crippen LogP contribution is 2.39. The number of amides is 2. The van der Waals surface area contributed by atoms with Gasteiger partial charge in [-0.15, -0.1) is 0 Å². The third-order valence-electron chi connectivity index (χ3n) is 5.54. The van der Waals surface area contributed by atoms with Gasteiger partial charge in [-0.1, -0.05) is 35.9 Å². The van der Waals surface area contributed by atoms with Crippen molar-refractivity contribution in [3.63, 3.8) is 0 Å². The van der Waals surface area contributed by atoms with Crippen LogP contribution >= 0.6 is 0 Å². The number of rotatable bonds is 6. The summed E-state index contributed by atoms with van der Waals surface area (Å²) in [6.45, 7) is 5.95. The van der Waals surface area contributed by atoms with E-state index in [1.165, 1.54) is 7.11 Å². The topological polar surface area (TPSA) is 67.9 Å². The molecule has 3 aromatic rings. The lowest BCUT2D eigenvalue weighted by atomic mass is 10.0. The molecule has 1 aliphatic heterocycles. The van der Waals surface area contributed by atoms with E-state index in [1.807, 2.05) is 57.2 Å². The van der Waals surface area contributed by atoms with Crippen molar-refractivity contribution in [2.24, 2.45) is 0 Å². The number of hydrogen-bond donors (Lipinski definition) is 1. The summed E-state index contributed by atoms with van der Waals surface area (Å²) in [6.07, 6.45) is 0. The van der Waals surface area contributed by atoms with Crippen LogP contribution in [0.3, 0.4) is 0 Å². The molecule has 1 heterocycles. The summed E-state index contributed by atoms with van der Waals surface area (Å²) in [7, 11) is 3.04.